The number of hydrogen-bond donors (Lipinski definition) is 0. The minimum absolute atomic E-state index is 1.00. The van der Waals surface area contributed by atoms with E-state index in [1.807, 2.05) is 11.3 Å². The molecule has 0 amide bonds. The highest BCUT2D eigenvalue weighted by molar-refractivity contribution is 7.26. The lowest BCUT2D eigenvalue weighted by Crippen LogP contribution is -1.93. The Kier molecular flexibility index (Phi) is 7.21. The fraction of sp³-hybridized carbons (Fsp3) is 0. The predicted molar refractivity (Wildman–Crippen MR) is 257 cm³/mol. The molecule has 0 saturated heterocycles. The molecule has 0 fully saturated rings. The highest BCUT2D eigenvalue weighted by Crippen LogP contribution is 2.44. The van der Waals surface area contributed by atoms with E-state index in [0.717, 1.165) is 27.9 Å². The van der Waals surface area contributed by atoms with Crippen LogP contribution in [0, 0.1) is 0 Å². The molecule has 2 nitrogen and oxygen atoms in total. The van der Waals surface area contributed by atoms with Crippen LogP contribution in [0.15, 0.2) is 206 Å². The first-order chi connectivity index (χ1) is 29.7. The van der Waals surface area contributed by atoms with Crippen LogP contribution in [0.1, 0.15) is 0 Å². The second-order valence-corrected chi connectivity index (χ2v) is 17.0. The third kappa shape index (κ3) is 5.23. The second-order valence-electron chi connectivity index (χ2n) is 16.0. The van der Waals surface area contributed by atoms with E-state index in [-0.39, 0.29) is 0 Å². The van der Waals surface area contributed by atoms with Crippen LogP contribution in [0.25, 0.3) is 125 Å². The first-order valence-corrected chi connectivity index (χ1v) is 21.3. The smallest absolute Gasteiger partial charge is 0.156 e. The largest absolute Gasteiger partial charge is 0.291 e. The normalized spacial score (nSPS) is 12.0. The molecule has 0 aliphatic heterocycles. The third-order valence-corrected chi connectivity index (χ3v) is 13.6. The zero-order valence-corrected chi connectivity index (χ0v) is 33.2. The number of pyridine rings is 1. The van der Waals surface area contributed by atoms with Crippen molar-refractivity contribution in [2.45, 2.75) is 0 Å². The van der Waals surface area contributed by atoms with Gasteiger partial charge in [-0.1, -0.05) is 146 Å². The van der Waals surface area contributed by atoms with Gasteiger partial charge in [0.15, 0.2) is 5.65 Å². The number of fused-ring (bicyclic) bond motifs is 12. The second kappa shape index (κ2) is 13.0. The van der Waals surface area contributed by atoms with Gasteiger partial charge in [0.25, 0.3) is 0 Å². The molecule has 3 heteroatoms. The maximum atomic E-state index is 5.47. The van der Waals surface area contributed by atoms with Gasteiger partial charge in [-0.15, -0.1) is 11.3 Å². The molecule has 0 aliphatic carbocycles. The molecule has 13 aromatic rings. The van der Waals surface area contributed by atoms with Crippen molar-refractivity contribution in [3.05, 3.63) is 206 Å². The fourth-order valence-electron chi connectivity index (χ4n) is 9.48. The van der Waals surface area contributed by atoms with Gasteiger partial charge in [-0.25, -0.2) is 4.98 Å². The fourth-order valence-corrected chi connectivity index (χ4v) is 10.7. The topological polar surface area (TPSA) is 17.3 Å². The van der Waals surface area contributed by atoms with Crippen molar-refractivity contribution in [3.8, 4) is 44.6 Å². The average Bonchev–Trinajstić information content (AvgIpc) is 3.88. The van der Waals surface area contributed by atoms with Crippen LogP contribution < -0.4 is 0 Å². The summed E-state index contributed by atoms with van der Waals surface area (Å²) in [7, 11) is 0. The van der Waals surface area contributed by atoms with Crippen LogP contribution >= 0.6 is 11.3 Å². The lowest BCUT2D eigenvalue weighted by atomic mass is 9.92. The average molecular weight is 779 g/mol. The SMILES string of the molecule is c1ccc(-c2cc(-c3ccc(-c4cc5c(sc6ccc7ccccc7c65)c5nc6cc7cc8ccccc8cc7cc6n45)cc3)cc(-c3ccc4ccccc4c3)c2)cc1. The lowest BCUT2D eigenvalue weighted by Gasteiger charge is -2.13. The van der Waals surface area contributed by atoms with Gasteiger partial charge >= 0.3 is 0 Å². The molecule has 13 rings (SSSR count). The summed E-state index contributed by atoms with van der Waals surface area (Å²) < 4.78 is 4.90. The molecule has 3 aromatic heterocycles. The van der Waals surface area contributed by atoms with Crippen molar-refractivity contribution in [2.75, 3.05) is 0 Å². The van der Waals surface area contributed by atoms with Gasteiger partial charge in [-0.05, 0) is 143 Å². The van der Waals surface area contributed by atoms with Crippen LogP contribution in [0.2, 0.25) is 0 Å². The van der Waals surface area contributed by atoms with Gasteiger partial charge in [0, 0.05) is 15.5 Å². The van der Waals surface area contributed by atoms with Crippen molar-refractivity contribution in [1.29, 1.82) is 0 Å². The van der Waals surface area contributed by atoms with E-state index in [2.05, 4.69) is 211 Å². The van der Waals surface area contributed by atoms with Crippen molar-refractivity contribution >= 4 is 91.3 Å². The van der Waals surface area contributed by atoms with E-state index in [1.165, 1.54) is 96.6 Å². The number of thiophene rings is 1. The van der Waals surface area contributed by atoms with Crippen LogP contribution in [0.3, 0.4) is 0 Å². The van der Waals surface area contributed by atoms with Crippen LogP contribution in [-0.2, 0) is 0 Å². The quantitative estimate of drug-likeness (QED) is 0.163. The number of rotatable bonds is 4. The third-order valence-electron chi connectivity index (χ3n) is 12.5. The Morgan fingerprint density at radius 1 is 0.350 bits per heavy atom. The van der Waals surface area contributed by atoms with Gasteiger partial charge < -0.3 is 0 Å². The molecule has 0 unspecified atom stereocenters. The zero-order valence-electron chi connectivity index (χ0n) is 32.4. The monoisotopic (exact) mass is 778 g/mol. The summed E-state index contributed by atoms with van der Waals surface area (Å²) in [6, 6.07) is 75.9. The zero-order chi connectivity index (χ0) is 39.3. The Hall–Kier alpha value is -7.59. The van der Waals surface area contributed by atoms with Gasteiger partial charge in [-0.2, -0.15) is 0 Å². The number of hydrogen-bond acceptors (Lipinski definition) is 2. The number of imidazole rings is 1. The van der Waals surface area contributed by atoms with E-state index in [9.17, 15) is 0 Å². The molecule has 0 spiro atoms. The highest BCUT2D eigenvalue weighted by atomic mass is 32.1. The summed E-state index contributed by atoms with van der Waals surface area (Å²) >= 11 is 1.85. The van der Waals surface area contributed by atoms with Crippen molar-refractivity contribution < 1.29 is 0 Å². The molecular formula is C57H34N2S. The van der Waals surface area contributed by atoms with Crippen molar-refractivity contribution in [1.82, 2.24) is 9.38 Å². The van der Waals surface area contributed by atoms with E-state index in [4.69, 9.17) is 4.98 Å². The molecule has 0 bridgehead atoms. The molecule has 60 heavy (non-hydrogen) atoms. The molecule has 10 aromatic carbocycles. The summed E-state index contributed by atoms with van der Waals surface area (Å²) in [6.45, 7) is 0. The summed E-state index contributed by atoms with van der Waals surface area (Å²) in [5, 5.41) is 12.5. The summed E-state index contributed by atoms with van der Waals surface area (Å²) in [5.74, 6) is 0. The van der Waals surface area contributed by atoms with E-state index >= 15 is 0 Å². The first kappa shape index (κ1) is 33.4. The predicted octanol–water partition coefficient (Wildman–Crippen LogP) is 16.1. The first-order valence-electron chi connectivity index (χ1n) is 20.5. The highest BCUT2D eigenvalue weighted by Gasteiger charge is 2.20. The molecule has 278 valence electrons. The molecular weight excluding hydrogens is 745 g/mol. The minimum atomic E-state index is 1.00. The molecule has 0 saturated carbocycles. The molecule has 0 aliphatic rings. The Morgan fingerprint density at radius 3 is 1.67 bits per heavy atom. The van der Waals surface area contributed by atoms with Crippen LogP contribution in [-0.4, -0.2) is 9.38 Å². The van der Waals surface area contributed by atoms with Crippen molar-refractivity contribution in [3.63, 3.8) is 0 Å². The number of aromatic nitrogens is 2. The van der Waals surface area contributed by atoms with Gasteiger partial charge in [0.05, 0.1) is 21.4 Å². The van der Waals surface area contributed by atoms with Crippen molar-refractivity contribution in [2.24, 2.45) is 0 Å². The number of nitrogens with zero attached hydrogens (tertiary/aromatic N) is 2. The molecule has 0 radical (unpaired) electrons. The van der Waals surface area contributed by atoms with Crippen LogP contribution in [0.4, 0.5) is 0 Å². The van der Waals surface area contributed by atoms with E-state index in [0.29, 0.717) is 0 Å². The Bertz CT molecular complexity index is 3870. The molecule has 3 heterocycles. The number of benzene rings is 10. The lowest BCUT2D eigenvalue weighted by molar-refractivity contribution is 1.25. The van der Waals surface area contributed by atoms with E-state index < -0.39 is 0 Å². The standard InChI is InChI=1S/C57H34N2S/c1-2-10-35(11-3-1)44-29-45(31-46(30-44)43-23-20-36-12-4-5-14-40(36)26-43)37-18-21-39(22-19-37)52-34-50-55-49-17-9-8-13-38(49)24-25-54(55)60-56(50)57-58-51-32-47-27-41-15-6-7-16-42(41)28-48(47)33-53(51)59(52)57/h1-34H. The van der Waals surface area contributed by atoms with Gasteiger partial charge in [-0.3, -0.25) is 4.40 Å². The summed E-state index contributed by atoms with van der Waals surface area (Å²) in [5.41, 5.74) is 12.6. The molecule has 0 atom stereocenters. The van der Waals surface area contributed by atoms with Gasteiger partial charge in [0.2, 0.25) is 0 Å². The minimum Gasteiger partial charge on any atom is -0.291 e. The Balaban J connectivity index is 1.03. The maximum absolute atomic E-state index is 5.47. The Morgan fingerprint density at radius 2 is 0.917 bits per heavy atom. The van der Waals surface area contributed by atoms with Crippen LogP contribution in [0.5, 0.6) is 0 Å². The molecule has 0 N–H and O–H groups in total. The maximum Gasteiger partial charge on any atom is 0.156 e. The van der Waals surface area contributed by atoms with E-state index in [1.54, 1.807) is 0 Å². The van der Waals surface area contributed by atoms with Gasteiger partial charge in [0.1, 0.15) is 0 Å². The summed E-state index contributed by atoms with van der Waals surface area (Å²) in [6.07, 6.45) is 0. The Labute approximate surface area is 349 Å². The summed E-state index contributed by atoms with van der Waals surface area (Å²) in [4.78, 5) is 5.47.